The Morgan fingerprint density at radius 1 is 0.338 bits per heavy atom. The van der Waals surface area contributed by atoms with Gasteiger partial charge in [0.25, 0.3) is 0 Å². The Balaban J connectivity index is 0.980. The Kier molecular flexibility index (Phi) is 10.1. The molecule has 0 spiro atoms. The van der Waals surface area contributed by atoms with Crippen molar-refractivity contribution in [3.05, 3.63) is 224 Å². The van der Waals surface area contributed by atoms with E-state index in [1.54, 1.807) is 6.26 Å². The summed E-state index contributed by atoms with van der Waals surface area (Å²) in [6.07, 6.45) is 3.89. The van der Waals surface area contributed by atoms with E-state index in [0.717, 1.165) is 94.3 Å². The number of aromatic nitrogens is 7. The third kappa shape index (κ3) is 7.69. The van der Waals surface area contributed by atoms with Crippen LogP contribution >= 0.6 is 0 Å². The van der Waals surface area contributed by atoms with Gasteiger partial charge in [0, 0.05) is 62.1 Å². The molecular formula is C60H41N7O. The minimum absolute atomic E-state index is 0.616. The number of hydrogen-bond donors (Lipinski definition) is 0. The standard InChI is InChI=1S/C60H41N7O/c1-38-31-46(59-63-55(40-15-7-3-8-16-40)61-56(64-59)41-17-9-4-10-18-41)23-25-51(38)48-34-49(36-50(35-48)67-29-27-44-33-45-28-30-68-54(45)37-53(44)67)52-26-24-47(32-39(52)2)60-65-57(42-19-11-5-12-20-42)62-58(66-60)43-21-13-6-14-22-43/h3-37H,1-2H3. The first kappa shape index (κ1) is 40.4. The second-order valence-corrected chi connectivity index (χ2v) is 17.0. The van der Waals surface area contributed by atoms with Crippen molar-refractivity contribution in [1.29, 1.82) is 0 Å². The Labute approximate surface area is 393 Å². The SMILES string of the molecule is Cc1cc(-c2nc(-c3ccccc3)nc(-c3ccccc3)n2)ccc1-c1cc(-c2ccc(-c3nc(-c4ccccc4)nc(-c4ccccc4)n3)cc2C)cc(-n2ccc3cc4ccoc4cc32)c1. The zero-order valence-corrected chi connectivity index (χ0v) is 37.2. The van der Waals surface area contributed by atoms with E-state index in [1.165, 1.54) is 0 Å². The van der Waals surface area contributed by atoms with Crippen molar-refractivity contribution in [2.24, 2.45) is 0 Å². The summed E-state index contributed by atoms with van der Waals surface area (Å²) in [5.74, 6) is 3.75. The molecular weight excluding hydrogens is 835 g/mol. The first-order valence-corrected chi connectivity index (χ1v) is 22.6. The molecule has 4 aromatic heterocycles. The maximum atomic E-state index is 5.89. The summed E-state index contributed by atoms with van der Waals surface area (Å²) in [7, 11) is 0. The summed E-state index contributed by atoms with van der Waals surface area (Å²) in [6, 6.07) is 68.6. The third-order valence-electron chi connectivity index (χ3n) is 12.5. The number of rotatable bonds is 9. The normalized spacial score (nSPS) is 11.4. The summed E-state index contributed by atoms with van der Waals surface area (Å²) in [5, 5.41) is 2.21. The Morgan fingerprint density at radius 3 is 1.16 bits per heavy atom. The van der Waals surface area contributed by atoms with Gasteiger partial charge in [0.05, 0.1) is 11.8 Å². The lowest BCUT2D eigenvalue weighted by Crippen LogP contribution is -2.01. The third-order valence-corrected chi connectivity index (χ3v) is 12.5. The maximum absolute atomic E-state index is 5.89. The van der Waals surface area contributed by atoms with Crippen LogP contribution < -0.4 is 0 Å². The van der Waals surface area contributed by atoms with Gasteiger partial charge < -0.3 is 8.98 Å². The van der Waals surface area contributed by atoms with Gasteiger partial charge in [0.2, 0.25) is 0 Å². The van der Waals surface area contributed by atoms with Crippen LogP contribution in [-0.4, -0.2) is 34.5 Å². The van der Waals surface area contributed by atoms with Crippen LogP contribution in [0.5, 0.6) is 0 Å². The van der Waals surface area contributed by atoms with Gasteiger partial charge in [-0.1, -0.05) is 146 Å². The van der Waals surface area contributed by atoms with Crippen LogP contribution in [0.25, 0.3) is 118 Å². The molecule has 0 aliphatic carbocycles. The second-order valence-electron chi connectivity index (χ2n) is 17.0. The summed E-state index contributed by atoms with van der Waals surface area (Å²) in [4.78, 5) is 29.9. The predicted octanol–water partition coefficient (Wildman–Crippen LogP) is 14.7. The zero-order valence-electron chi connectivity index (χ0n) is 37.2. The minimum atomic E-state index is 0.616. The van der Waals surface area contributed by atoms with Crippen LogP contribution in [0.2, 0.25) is 0 Å². The molecule has 12 aromatic rings. The molecule has 0 amide bonds. The van der Waals surface area contributed by atoms with Crippen LogP contribution in [0.4, 0.5) is 0 Å². The van der Waals surface area contributed by atoms with Crippen molar-refractivity contribution >= 4 is 21.9 Å². The van der Waals surface area contributed by atoms with Crippen LogP contribution in [-0.2, 0) is 0 Å². The molecule has 8 nitrogen and oxygen atoms in total. The van der Waals surface area contributed by atoms with E-state index < -0.39 is 0 Å². The Morgan fingerprint density at radius 2 is 0.750 bits per heavy atom. The van der Waals surface area contributed by atoms with Crippen molar-refractivity contribution in [1.82, 2.24) is 34.5 Å². The van der Waals surface area contributed by atoms with Crippen LogP contribution in [0.3, 0.4) is 0 Å². The lowest BCUT2D eigenvalue weighted by atomic mass is 9.92. The topological polar surface area (TPSA) is 95.4 Å². The molecule has 8 heteroatoms. The number of aryl methyl sites for hydroxylation is 2. The van der Waals surface area contributed by atoms with E-state index in [9.17, 15) is 0 Å². The smallest absolute Gasteiger partial charge is 0.164 e. The first-order chi connectivity index (χ1) is 33.5. The molecule has 0 N–H and O–H groups in total. The van der Waals surface area contributed by atoms with Gasteiger partial charge in [-0.25, -0.2) is 29.9 Å². The first-order valence-electron chi connectivity index (χ1n) is 22.6. The fourth-order valence-electron chi connectivity index (χ4n) is 9.01. The monoisotopic (exact) mass is 875 g/mol. The van der Waals surface area contributed by atoms with Gasteiger partial charge in [0.1, 0.15) is 5.58 Å². The van der Waals surface area contributed by atoms with Gasteiger partial charge in [-0.15, -0.1) is 0 Å². The fourth-order valence-corrected chi connectivity index (χ4v) is 9.01. The van der Waals surface area contributed by atoms with Gasteiger partial charge in [0.15, 0.2) is 34.9 Å². The van der Waals surface area contributed by atoms with Crippen LogP contribution in [0, 0.1) is 13.8 Å². The van der Waals surface area contributed by atoms with Crippen molar-refractivity contribution in [2.45, 2.75) is 13.8 Å². The Hall–Kier alpha value is -9.14. The van der Waals surface area contributed by atoms with Crippen molar-refractivity contribution in [2.75, 3.05) is 0 Å². The van der Waals surface area contributed by atoms with Crippen molar-refractivity contribution in [3.63, 3.8) is 0 Å². The van der Waals surface area contributed by atoms with Gasteiger partial charge in [-0.3, -0.25) is 0 Å². The average Bonchev–Trinajstić information content (AvgIpc) is 4.05. The maximum Gasteiger partial charge on any atom is 0.164 e. The van der Waals surface area contributed by atoms with Gasteiger partial charge in [-0.05, 0) is 95.8 Å². The predicted molar refractivity (Wildman–Crippen MR) is 273 cm³/mol. The summed E-state index contributed by atoms with van der Waals surface area (Å²) in [6.45, 7) is 4.31. The van der Waals surface area contributed by atoms with E-state index in [2.05, 4.69) is 97.4 Å². The molecule has 0 saturated carbocycles. The van der Waals surface area contributed by atoms with Gasteiger partial charge >= 0.3 is 0 Å². The molecule has 0 bridgehead atoms. The molecule has 0 radical (unpaired) electrons. The van der Waals surface area contributed by atoms with Crippen molar-refractivity contribution in [3.8, 4) is 96.3 Å². The minimum Gasteiger partial charge on any atom is -0.464 e. The molecule has 0 atom stereocenters. The van der Waals surface area contributed by atoms with Crippen LogP contribution in [0.1, 0.15) is 11.1 Å². The number of hydrogen-bond acceptors (Lipinski definition) is 7. The highest BCUT2D eigenvalue weighted by Gasteiger charge is 2.18. The lowest BCUT2D eigenvalue weighted by molar-refractivity contribution is 0.616. The van der Waals surface area contributed by atoms with E-state index in [1.807, 2.05) is 127 Å². The summed E-state index contributed by atoms with van der Waals surface area (Å²) < 4.78 is 8.14. The lowest BCUT2D eigenvalue weighted by Gasteiger charge is -2.16. The van der Waals surface area contributed by atoms with Gasteiger partial charge in [-0.2, -0.15) is 0 Å². The number of nitrogens with zero attached hydrogens (tertiary/aromatic N) is 7. The highest BCUT2D eigenvalue weighted by Crippen LogP contribution is 2.38. The van der Waals surface area contributed by atoms with Crippen LogP contribution in [0.15, 0.2) is 217 Å². The average molecular weight is 876 g/mol. The molecule has 0 aliphatic rings. The van der Waals surface area contributed by atoms with E-state index in [-0.39, 0.29) is 0 Å². The zero-order chi connectivity index (χ0) is 45.6. The number of fused-ring (bicyclic) bond motifs is 2. The number of furan rings is 1. The highest BCUT2D eigenvalue weighted by molar-refractivity contribution is 5.96. The van der Waals surface area contributed by atoms with E-state index in [0.29, 0.717) is 34.9 Å². The second kappa shape index (κ2) is 17.0. The summed E-state index contributed by atoms with van der Waals surface area (Å²) in [5.41, 5.74) is 15.0. The molecule has 4 heterocycles. The van der Waals surface area contributed by atoms with E-state index >= 15 is 0 Å². The highest BCUT2D eigenvalue weighted by atomic mass is 16.3. The fraction of sp³-hybridized carbons (Fsp3) is 0.0333. The molecule has 68 heavy (non-hydrogen) atoms. The molecule has 12 rings (SSSR count). The molecule has 322 valence electrons. The quantitative estimate of drug-likeness (QED) is 0.142. The van der Waals surface area contributed by atoms with Crippen molar-refractivity contribution < 1.29 is 4.42 Å². The Bertz CT molecular complexity index is 3500. The molecule has 8 aromatic carbocycles. The van der Waals surface area contributed by atoms with E-state index in [4.69, 9.17) is 34.3 Å². The molecule has 0 aliphatic heterocycles. The number of benzene rings is 8. The molecule has 0 fully saturated rings. The molecule has 0 saturated heterocycles. The largest absolute Gasteiger partial charge is 0.464 e. The summed E-state index contributed by atoms with van der Waals surface area (Å²) >= 11 is 0. The molecule has 0 unspecified atom stereocenters.